The second-order valence-corrected chi connectivity index (χ2v) is 12.4. The minimum Gasteiger partial charge on any atom is -0.618 e. The first kappa shape index (κ1) is 69.6. The van der Waals surface area contributed by atoms with Crippen molar-refractivity contribution in [1.29, 1.82) is 0 Å². The maximum atomic E-state index is 11.7. The van der Waals surface area contributed by atoms with Crippen molar-refractivity contribution in [3.05, 3.63) is 214 Å². The zero-order valence-electron chi connectivity index (χ0n) is 36.2. The molecule has 8 aromatic heterocycles. The van der Waals surface area contributed by atoms with Crippen molar-refractivity contribution in [3.63, 3.8) is 0 Å². The van der Waals surface area contributed by atoms with Gasteiger partial charge in [-0.15, -0.1) is 0 Å². The Morgan fingerprint density at radius 2 is 0.486 bits per heavy atom. The van der Waals surface area contributed by atoms with Gasteiger partial charge in [0.2, 0.25) is 0 Å². The van der Waals surface area contributed by atoms with E-state index in [0.29, 0.717) is 0 Å². The molecule has 0 amide bonds. The van der Waals surface area contributed by atoms with Gasteiger partial charge in [-0.05, 0) is 72.8 Å². The maximum absolute atomic E-state index is 11.7. The van der Waals surface area contributed by atoms with Crippen LogP contribution in [0.25, 0.3) is 45.6 Å². The zero-order chi connectivity index (χ0) is 46.2. The Hall–Kier alpha value is -8.92. The summed E-state index contributed by atoms with van der Waals surface area (Å²) in [6.07, 6.45) is 10.8. The van der Waals surface area contributed by atoms with Crippen molar-refractivity contribution in [2.45, 2.75) is 0 Å². The standard InChI is InChI=1S/2C12H8N2O6.2C10H8N2.2Cu.6H2O/c2*15-11(16)7-3-1-5-13(19)9(7)10-8(12(17)18)4-2-6-14(10)20;2*1-3-7-11-9(5-1)10-6-2-4-8-12-10;;;;;;;;/h2*1-6H,(H,15,16)(H,17,18);2*1-8H;;;6*1H2/q;;;;2*+2;;;;;;/p-4. The van der Waals surface area contributed by atoms with Gasteiger partial charge in [0.1, 0.15) is 0 Å². The number of carboxylic acid groups (broad SMARTS) is 4. The molecule has 0 unspecified atom stereocenters. The second kappa shape index (κ2) is 33.6. The molecule has 72 heavy (non-hydrogen) atoms. The molecule has 0 aliphatic heterocycles. The molecular weight excluding hydrogens is 1060 g/mol. The van der Waals surface area contributed by atoms with Crippen LogP contribution in [0.15, 0.2) is 171 Å². The van der Waals surface area contributed by atoms with E-state index in [1.54, 1.807) is 24.8 Å². The van der Waals surface area contributed by atoms with Gasteiger partial charge in [-0.2, -0.15) is 18.9 Å². The van der Waals surface area contributed by atoms with Crippen molar-refractivity contribution in [2.75, 3.05) is 0 Å². The van der Waals surface area contributed by atoms with E-state index >= 15 is 0 Å². The first-order valence-corrected chi connectivity index (χ1v) is 18.2. The molecular formula is C44H40Cu2N8O18. The van der Waals surface area contributed by atoms with E-state index in [2.05, 4.69) is 19.9 Å². The molecule has 0 aliphatic rings. The van der Waals surface area contributed by atoms with Crippen LogP contribution in [0.2, 0.25) is 0 Å². The molecule has 12 N–H and O–H groups in total. The number of hydrogen-bond donors (Lipinski definition) is 0. The number of carbonyl (C=O) groups is 4. The van der Waals surface area contributed by atoms with E-state index in [-0.39, 0.29) is 85.9 Å². The van der Waals surface area contributed by atoms with Gasteiger partial charge in [0.25, 0.3) is 22.8 Å². The summed E-state index contributed by atoms with van der Waals surface area (Å²) in [5, 5.41) is 90.9. The van der Waals surface area contributed by atoms with E-state index < -0.39 is 68.9 Å². The van der Waals surface area contributed by atoms with E-state index in [1.807, 2.05) is 72.8 Å². The summed E-state index contributed by atoms with van der Waals surface area (Å²) >= 11 is 0. The number of carbonyl (C=O) groups excluding carboxylic acids is 4. The topological polar surface area (TPSA) is 509 Å². The minimum atomic E-state index is -1.71. The van der Waals surface area contributed by atoms with Crippen molar-refractivity contribution >= 4 is 23.9 Å². The van der Waals surface area contributed by atoms with Crippen LogP contribution in [0, 0.1) is 20.8 Å². The Morgan fingerprint density at radius 1 is 0.306 bits per heavy atom. The molecule has 28 heteroatoms. The average Bonchev–Trinajstić information content (AvgIpc) is 3.31. The Balaban J connectivity index is -0.000000422. The van der Waals surface area contributed by atoms with Gasteiger partial charge < -0.3 is 93.3 Å². The summed E-state index contributed by atoms with van der Waals surface area (Å²) in [5.74, 6) is -6.84. The summed E-state index contributed by atoms with van der Waals surface area (Å²) in [7, 11) is 0. The molecule has 0 atom stereocenters. The SMILES string of the molecule is O.O.O.O.O.O.O=C([O-])c1ccc[n+]([O-])c1-c1c(C(=O)[O-])ccc[n+]1[O-].O=C([O-])c1ccc[n+]([O-])c1-c1c(C(=O)[O-])ccc[n+]1[O-].[Cu+2].[Cu+2].c1ccc(-c2ccccn2)nc1.c1ccc(-c2ccccn2)nc1. The Morgan fingerprint density at radius 3 is 0.625 bits per heavy atom. The number of nitrogens with zero attached hydrogens (tertiary/aromatic N) is 8. The fourth-order valence-corrected chi connectivity index (χ4v) is 5.60. The predicted molar refractivity (Wildman–Crippen MR) is 234 cm³/mol. The fourth-order valence-electron chi connectivity index (χ4n) is 5.60. The molecule has 0 aliphatic carbocycles. The van der Waals surface area contributed by atoms with Crippen molar-refractivity contribution in [2.24, 2.45) is 0 Å². The molecule has 0 saturated heterocycles. The monoisotopic (exact) mass is 1090 g/mol. The first-order chi connectivity index (χ1) is 30.8. The van der Waals surface area contributed by atoms with Gasteiger partial charge in [0.15, 0.2) is 24.8 Å². The summed E-state index contributed by atoms with van der Waals surface area (Å²) in [6, 6.07) is 31.9. The third kappa shape index (κ3) is 17.9. The van der Waals surface area contributed by atoms with E-state index in [4.69, 9.17) is 0 Å². The van der Waals surface area contributed by atoms with Crippen LogP contribution in [-0.4, -0.2) is 76.7 Å². The Bertz CT molecular complexity index is 2530. The smallest absolute Gasteiger partial charge is 0.618 e. The van der Waals surface area contributed by atoms with E-state index in [0.717, 1.165) is 96.1 Å². The van der Waals surface area contributed by atoms with Gasteiger partial charge in [0, 0.05) is 49.1 Å². The van der Waals surface area contributed by atoms with Gasteiger partial charge in [-0.25, -0.2) is 0 Å². The van der Waals surface area contributed by atoms with Gasteiger partial charge in [-0.1, -0.05) is 24.3 Å². The molecule has 0 bridgehead atoms. The number of hydrogen-bond acceptors (Lipinski definition) is 16. The van der Waals surface area contributed by atoms with E-state index in [1.165, 1.54) is 0 Å². The van der Waals surface area contributed by atoms with Crippen LogP contribution < -0.4 is 39.3 Å². The van der Waals surface area contributed by atoms with Gasteiger partial charge >= 0.3 is 34.1 Å². The van der Waals surface area contributed by atoms with Crippen molar-refractivity contribution < 1.29 is 126 Å². The molecule has 8 aromatic rings. The zero-order valence-corrected chi connectivity index (χ0v) is 38.1. The number of aromatic carboxylic acids is 4. The minimum absolute atomic E-state index is 0. The normalized spacial score (nSPS) is 8.89. The summed E-state index contributed by atoms with van der Waals surface area (Å²) in [5.41, 5.74) is -1.22. The predicted octanol–water partition coefficient (Wildman–Crippen LogP) is -5.97. The van der Waals surface area contributed by atoms with Crippen LogP contribution in [0.4, 0.5) is 0 Å². The molecule has 386 valence electrons. The quantitative estimate of drug-likeness (QED) is 0.0777. The molecule has 8 heterocycles. The third-order valence-electron chi connectivity index (χ3n) is 8.35. The maximum Gasteiger partial charge on any atom is 2.00 e. The summed E-state index contributed by atoms with van der Waals surface area (Å²) in [6.45, 7) is 0. The van der Waals surface area contributed by atoms with Gasteiger partial charge in [-0.3, -0.25) is 19.9 Å². The van der Waals surface area contributed by atoms with Crippen molar-refractivity contribution in [1.82, 2.24) is 19.9 Å². The summed E-state index contributed by atoms with van der Waals surface area (Å²) in [4.78, 5) is 60.8. The Labute approximate surface area is 427 Å². The number of rotatable bonds is 8. The van der Waals surface area contributed by atoms with Crippen LogP contribution in [-0.2, 0) is 34.1 Å². The second-order valence-electron chi connectivity index (χ2n) is 12.4. The van der Waals surface area contributed by atoms with Gasteiger partial charge in [0.05, 0.1) is 68.9 Å². The molecule has 0 aromatic carbocycles. The first-order valence-electron chi connectivity index (χ1n) is 18.2. The van der Waals surface area contributed by atoms with Crippen LogP contribution in [0.3, 0.4) is 0 Å². The molecule has 26 nitrogen and oxygen atoms in total. The largest absolute Gasteiger partial charge is 2.00 e. The van der Waals surface area contributed by atoms with Crippen LogP contribution in [0.1, 0.15) is 41.4 Å². The molecule has 0 spiro atoms. The van der Waals surface area contributed by atoms with E-state index in [9.17, 15) is 60.4 Å². The number of carboxylic acids is 4. The number of pyridine rings is 8. The Kier molecular flexibility index (Phi) is 32.5. The molecule has 0 saturated carbocycles. The third-order valence-corrected chi connectivity index (χ3v) is 8.35. The average molecular weight is 1100 g/mol. The molecule has 8 rings (SSSR count). The fraction of sp³-hybridized carbons (Fsp3) is 0. The van der Waals surface area contributed by atoms with Crippen LogP contribution >= 0.6 is 0 Å². The molecule has 2 radical (unpaired) electrons. The van der Waals surface area contributed by atoms with Crippen LogP contribution in [0.5, 0.6) is 0 Å². The van der Waals surface area contributed by atoms with Crippen molar-refractivity contribution in [3.8, 4) is 45.6 Å². The molecule has 0 fully saturated rings. The summed E-state index contributed by atoms with van der Waals surface area (Å²) < 4.78 is 0.339. The number of aromatic nitrogens is 8.